The molecule has 4 nitrogen and oxygen atoms in total. The van der Waals surface area contributed by atoms with Crippen LogP contribution in [0, 0.1) is 0 Å². The Morgan fingerprint density at radius 1 is 1.25 bits per heavy atom. The van der Waals surface area contributed by atoms with E-state index in [1.54, 1.807) is 7.11 Å². The van der Waals surface area contributed by atoms with Gasteiger partial charge in [-0.1, -0.05) is 18.6 Å². The summed E-state index contributed by atoms with van der Waals surface area (Å²) >= 11 is 0. The van der Waals surface area contributed by atoms with Gasteiger partial charge >= 0.3 is 5.97 Å². The Balaban J connectivity index is 2.68. The van der Waals surface area contributed by atoms with Crippen LogP contribution in [0.15, 0.2) is 29.8 Å². The van der Waals surface area contributed by atoms with Gasteiger partial charge in [0.2, 0.25) is 0 Å². The molecule has 0 aromatic heterocycles. The molecule has 0 saturated heterocycles. The van der Waals surface area contributed by atoms with Gasteiger partial charge < -0.3 is 14.2 Å². The molecule has 1 aromatic carbocycles. The lowest BCUT2D eigenvalue weighted by atomic mass is 10.2. The number of carbonyl (C=O) groups excluding carboxylic acids is 1. The van der Waals surface area contributed by atoms with Gasteiger partial charge in [0.25, 0.3) is 0 Å². The van der Waals surface area contributed by atoms with Crippen LogP contribution in [0.5, 0.6) is 11.5 Å². The predicted octanol–water partition coefficient (Wildman–Crippen LogP) is 3.49. The van der Waals surface area contributed by atoms with Gasteiger partial charge in [0.1, 0.15) is 6.61 Å². The van der Waals surface area contributed by atoms with Crippen LogP contribution < -0.4 is 9.47 Å². The maximum absolute atomic E-state index is 11.4. The Bertz CT molecular complexity index is 473. The minimum atomic E-state index is -0.338. The Labute approximate surface area is 120 Å². The fourth-order valence-corrected chi connectivity index (χ4v) is 1.56. The fraction of sp³-hybridized carbons (Fsp3) is 0.438. The van der Waals surface area contributed by atoms with Gasteiger partial charge in [-0.05, 0) is 38.0 Å². The number of rotatable bonds is 7. The highest BCUT2D eigenvalue weighted by atomic mass is 16.5. The van der Waals surface area contributed by atoms with Crippen molar-refractivity contribution in [3.05, 3.63) is 35.4 Å². The van der Waals surface area contributed by atoms with Crippen molar-refractivity contribution in [2.45, 2.75) is 33.8 Å². The summed E-state index contributed by atoms with van der Waals surface area (Å²) in [5.74, 6) is 1.01. The number of methoxy groups -OCH3 is 1. The zero-order valence-corrected chi connectivity index (χ0v) is 12.6. The van der Waals surface area contributed by atoms with Crippen molar-refractivity contribution < 1.29 is 19.0 Å². The number of benzene rings is 1. The first kappa shape index (κ1) is 16.1. The van der Waals surface area contributed by atoms with Crippen LogP contribution in [0.3, 0.4) is 0 Å². The number of ether oxygens (including phenoxy) is 3. The third-order valence-electron chi connectivity index (χ3n) is 2.48. The highest BCUT2D eigenvalue weighted by Gasteiger charge is 2.07. The quantitative estimate of drug-likeness (QED) is 0.565. The minimum absolute atomic E-state index is 0.215. The number of esters is 1. The summed E-state index contributed by atoms with van der Waals surface area (Å²) in [5.41, 5.74) is 1.78. The lowest BCUT2D eigenvalue weighted by Crippen LogP contribution is -2.03. The molecular weight excluding hydrogens is 256 g/mol. The molecule has 0 heterocycles. The third-order valence-corrected chi connectivity index (χ3v) is 2.48. The molecule has 0 amide bonds. The Kier molecular flexibility index (Phi) is 6.64. The molecule has 0 aliphatic rings. The fourth-order valence-electron chi connectivity index (χ4n) is 1.56. The first-order valence-electron chi connectivity index (χ1n) is 6.68. The smallest absolute Gasteiger partial charge is 0.331 e. The van der Waals surface area contributed by atoms with Crippen molar-refractivity contribution >= 4 is 5.97 Å². The minimum Gasteiger partial charge on any atom is -0.493 e. The van der Waals surface area contributed by atoms with E-state index in [-0.39, 0.29) is 12.6 Å². The van der Waals surface area contributed by atoms with Crippen LogP contribution in [0.2, 0.25) is 0 Å². The van der Waals surface area contributed by atoms with E-state index in [0.717, 1.165) is 17.6 Å². The molecule has 0 spiro atoms. The number of hydrogen-bond acceptors (Lipinski definition) is 4. The molecule has 0 bridgehead atoms. The van der Waals surface area contributed by atoms with Crippen molar-refractivity contribution in [3.63, 3.8) is 0 Å². The summed E-state index contributed by atoms with van der Waals surface area (Å²) in [5, 5.41) is 0. The van der Waals surface area contributed by atoms with Gasteiger partial charge in [-0.15, -0.1) is 0 Å². The summed E-state index contributed by atoms with van der Waals surface area (Å²) < 4.78 is 16.0. The van der Waals surface area contributed by atoms with Crippen molar-refractivity contribution in [1.29, 1.82) is 0 Å². The SMILES string of the molecule is CCCOc1ccc(COC(=O)C=C(C)C)cc1OC. The maximum atomic E-state index is 11.4. The van der Waals surface area contributed by atoms with Crippen LogP contribution in [0.25, 0.3) is 0 Å². The van der Waals surface area contributed by atoms with Crippen molar-refractivity contribution in [2.24, 2.45) is 0 Å². The normalized spacial score (nSPS) is 9.80. The summed E-state index contributed by atoms with van der Waals surface area (Å²) in [6, 6.07) is 5.52. The molecule has 0 N–H and O–H groups in total. The van der Waals surface area contributed by atoms with Crippen LogP contribution in [0.4, 0.5) is 0 Å². The molecule has 1 rings (SSSR count). The van der Waals surface area contributed by atoms with Gasteiger partial charge in [-0.2, -0.15) is 0 Å². The summed E-state index contributed by atoms with van der Waals surface area (Å²) in [6.07, 6.45) is 2.40. The zero-order chi connectivity index (χ0) is 15.0. The van der Waals surface area contributed by atoms with Gasteiger partial charge in [-0.25, -0.2) is 4.79 Å². The van der Waals surface area contributed by atoms with Crippen LogP contribution in [-0.2, 0) is 16.1 Å². The molecule has 4 heteroatoms. The van der Waals surface area contributed by atoms with E-state index in [1.807, 2.05) is 39.0 Å². The average molecular weight is 278 g/mol. The zero-order valence-electron chi connectivity index (χ0n) is 12.6. The molecule has 0 aliphatic heterocycles. The van der Waals surface area contributed by atoms with E-state index in [1.165, 1.54) is 6.08 Å². The van der Waals surface area contributed by atoms with Crippen LogP contribution in [0.1, 0.15) is 32.8 Å². The maximum Gasteiger partial charge on any atom is 0.331 e. The highest BCUT2D eigenvalue weighted by Crippen LogP contribution is 2.28. The number of allylic oxidation sites excluding steroid dienone is 1. The summed E-state index contributed by atoms with van der Waals surface area (Å²) in [4.78, 5) is 11.4. The lowest BCUT2D eigenvalue weighted by Gasteiger charge is -2.11. The van der Waals surface area contributed by atoms with Crippen molar-refractivity contribution in [3.8, 4) is 11.5 Å². The number of hydrogen-bond donors (Lipinski definition) is 0. The van der Waals surface area contributed by atoms with Crippen LogP contribution in [-0.4, -0.2) is 19.7 Å². The van der Waals surface area contributed by atoms with E-state index >= 15 is 0 Å². The topological polar surface area (TPSA) is 44.8 Å². The molecule has 0 radical (unpaired) electrons. The molecular formula is C16H22O4. The monoisotopic (exact) mass is 278 g/mol. The average Bonchev–Trinajstić information content (AvgIpc) is 2.42. The lowest BCUT2D eigenvalue weighted by molar-refractivity contribution is -0.139. The second-order valence-electron chi connectivity index (χ2n) is 4.66. The first-order valence-corrected chi connectivity index (χ1v) is 6.68. The van der Waals surface area contributed by atoms with Crippen molar-refractivity contribution in [1.82, 2.24) is 0 Å². The molecule has 0 aliphatic carbocycles. The largest absolute Gasteiger partial charge is 0.493 e. The second-order valence-corrected chi connectivity index (χ2v) is 4.66. The molecule has 20 heavy (non-hydrogen) atoms. The molecule has 1 aromatic rings. The molecule has 0 saturated carbocycles. The van der Waals surface area contributed by atoms with Gasteiger partial charge in [-0.3, -0.25) is 0 Å². The first-order chi connectivity index (χ1) is 9.56. The van der Waals surface area contributed by atoms with E-state index in [2.05, 4.69) is 0 Å². The third kappa shape index (κ3) is 5.34. The van der Waals surface area contributed by atoms with E-state index < -0.39 is 0 Å². The van der Waals surface area contributed by atoms with E-state index in [4.69, 9.17) is 14.2 Å². The molecule has 0 atom stereocenters. The Morgan fingerprint density at radius 2 is 2.00 bits per heavy atom. The Hall–Kier alpha value is -1.97. The van der Waals surface area contributed by atoms with E-state index in [9.17, 15) is 4.79 Å². The van der Waals surface area contributed by atoms with Crippen molar-refractivity contribution in [2.75, 3.05) is 13.7 Å². The second kappa shape index (κ2) is 8.25. The van der Waals surface area contributed by atoms with Gasteiger partial charge in [0.05, 0.1) is 13.7 Å². The van der Waals surface area contributed by atoms with Gasteiger partial charge in [0.15, 0.2) is 11.5 Å². The summed E-state index contributed by atoms with van der Waals surface area (Å²) in [7, 11) is 1.59. The summed E-state index contributed by atoms with van der Waals surface area (Å²) in [6.45, 7) is 6.61. The molecule has 110 valence electrons. The molecule has 0 unspecified atom stereocenters. The molecule has 0 fully saturated rings. The number of carbonyl (C=O) groups is 1. The van der Waals surface area contributed by atoms with Crippen LogP contribution >= 0.6 is 0 Å². The predicted molar refractivity (Wildman–Crippen MR) is 78.0 cm³/mol. The van der Waals surface area contributed by atoms with E-state index in [0.29, 0.717) is 18.1 Å². The standard InChI is InChI=1S/C16H22O4/c1-5-8-19-14-7-6-13(10-15(14)18-4)11-20-16(17)9-12(2)3/h6-7,9-10H,5,8,11H2,1-4H3. The highest BCUT2D eigenvalue weighted by molar-refractivity contribution is 5.82. The van der Waals surface area contributed by atoms with Gasteiger partial charge in [0, 0.05) is 6.08 Å². The Morgan fingerprint density at radius 3 is 2.60 bits per heavy atom.